The number of amides is 1. The van der Waals surface area contributed by atoms with Crippen LogP contribution in [0.2, 0.25) is 0 Å². The van der Waals surface area contributed by atoms with Crippen LogP contribution in [0.25, 0.3) is 0 Å². The van der Waals surface area contributed by atoms with Crippen molar-refractivity contribution in [2.24, 2.45) is 0 Å². The average molecular weight is 383 g/mol. The van der Waals surface area contributed by atoms with Gasteiger partial charge in [-0.25, -0.2) is 0 Å². The topological polar surface area (TPSA) is 29.1 Å². The highest BCUT2D eigenvalue weighted by atomic mass is 79.9. The molecule has 0 saturated carbocycles. The highest BCUT2D eigenvalue weighted by Crippen LogP contribution is 2.26. The Morgan fingerprint density at radius 3 is 2.47 bits per heavy atom. The van der Waals surface area contributed by atoms with Crippen molar-refractivity contribution >= 4 is 43.5 Å². The third-order valence-electron chi connectivity index (χ3n) is 2.87. The van der Waals surface area contributed by atoms with Gasteiger partial charge in [0.2, 0.25) is 0 Å². The Morgan fingerprint density at radius 2 is 1.79 bits per heavy atom. The molecule has 1 N–H and O–H groups in total. The van der Waals surface area contributed by atoms with E-state index in [-0.39, 0.29) is 5.91 Å². The Kier molecular flexibility index (Phi) is 4.42. The molecule has 0 radical (unpaired) electrons. The van der Waals surface area contributed by atoms with Crippen LogP contribution in [-0.4, -0.2) is 5.91 Å². The molecule has 98 valence electrons. The lowest BCUT2D eigenvalue weighted by Gasteiger charge is -2.10. The van der Waals surface area contributed by atoms with Crippen molar-refractivity contribution < 1.29 is 4.79 Å². The summed E-state index contributed by atoms with van der Waals surface area (Å²) in [6.45, 7) is 3.98. The van der Waals surface area contributed by atoms with Gasteiger partial charge >= 0.3 is 0 Å². The molecule has 2 aromatic rings. The molecule has 0 saturated heterocycles. The second-order valence-electron chi connectivity index (χ2n) is 4.35. The Labute approximate surface area is 129 Å². The largest absolute Gasteiger partial charge is 0.321 e. The lowest BCUT2D eigenvalue weighted by molar-refractivity contribution is 0.102. The van der Waals surface area contributed by atoms with Gasteiger partial charge in [-0.05, 0) is 59.1 Å². The van der Waals surface area contributed by atoms with Crippen molar-refractivity contribution in [1.29, 1.82) is 0 Å². The van der Waals surface area contributed by atoms with Gasteiger partial charge in [-0.2, -0.15) is 0 Å². The molecule has 0 bridgehead atoms. The lowest BCUT2D eigenvalue weighted by atomic mass is 10.1. The van der Waals surface area contributed by atoms with Crippen LogP contribution in [0, 0.1) is 13.8 Å². The molecule has 0 aliphatic heterocycles. The molecule has 2 nitrogen and oxygen atoms in total. The SMILES string of the molecule is Cc1ccc(C(=O)Nc2cccc(C)c2Br)cc1Br. The highest BCUT2D eigenvalue weighted by Gasteiger charge is 2.10. The first-order valence-electron chi connectivity index (χ1n) is 5.81. The van der Waals surface area contributed by atoms with E-state index in [1.54, 1.807) is 0 Å². The summed E-state index contributed by atoms with van der Waals surface area (Å²) in [4.78, 5) is 12.2. The van der Waals surface area contributed by atoms with Gasteiger partial charge in [-0.15, -0.1) is 0 Å². The maximum Gasteiger partial charge on any atom is 0.255 e. The van der Waals surface area contributed by atoms with E-state index < -0.39 is 0 Å². The number of aryl methyl sites for hydroxylation is 2. The minimum Gasteiger partial charge on any atom is -0.321 e. The zero-order chi connectivity index (χ0) is 14.0. The molecule has 0 spiro atoms. The summed E-state index contributed by atoms with van der Waals surface area (Å²) < 4.78 is 1.85. The number of halogens is 2. The van der Waals surface area contributed by atoms with Gasteiger partial charge in [-0.1, -0.05) is 34.1 Å². The molecule has 2 aromatic carbocycles. The molecular weight excluding hydrogens is 370 g/mol. The van der Waals surface area contributed by atoms with E-state index in [9.17, 15) is 4.79 Å². The second kappa shape index (κ2) is 5.88. The van der Waals surface area contributed by atoms with Crippen molar-refractivity contribution in [3.05, 3.63) is 62.0 Å². The molecule has 2 rings (SSSR count). The molecule has 0 atom stereocenters. The normalized spacial score (nSPS) is 10.3. The standard InChI is InChI=1S/C15H13Br2NO/c1-9-6-7-11(8-12(9)16)15(19)18-13-5-3-4-10(2)14(13)17/h3-8H,1-2H3,(H,18,19). The van der Waals surface area contributed by atoms with Gasteiger partial charge in [0.15, 0.2) is 0 Å². The minimum atomic E-state index is -0.119. The van der Waals surface area contributed by atoms with Crippen LogP contribution < -0.4 is 5.32 Å². The van der Waals surface area contributed by atoms with Crippen LogP contribution in [-0.2, 0) is 0 Å². The second-order valence-corrected chi connectivity index (χ2v) is 6.00. The number of rotatable bonds is 2. The zero-order valence-corrected chi connectivity index (χ0v) is 13.8. The molecule has 19 heavy (non-hydrogen) atoms. The lowest BCUT2D eigenvalue weighted by Crippen LogP contribution is -2.12. The Morgan fingerprint density at radius 1 is 1.05 bits per heavy atom. The molecule has 0 heterocycles. The summed E-state index contributed by atoms with van der Waals surface area (Å²) in [5.41, 5.74) is 3.60. The van der Waals surface area contributed by atoms with Crippen LogP contribution in [0.5, 0.6) is 0 Å². The number of carbonyl (C=O) groups excluding carboxylic acids is 1. The fraction of sp³-hybridized carbons (Fsp3) is 0.133. The van der Waals surface area contributed by atoms with E-state index >= 15 is 0 Å². The van der Waals surface area contributed by atoms with Gasteiger partial charge in [0.05, 0.1) is 5.69 Å². The molecule has 4 heteroatoms. The van der Waals surface area contributed by atoms with Crippen molar-refractivity contribution in [3.63, 3.8) is 0 Å². The molecule has 0 aliphatic carbocycles. The summed E-state index contributed by atoms with van der Waals surface area (Å²) in [5.74, 6) is -0.119. The number of benzene rings is 2. The predicted molar refractivity (Wildman–Crippen MR) is 85.7 cm³/mol. The molecule has 0 unspecified atom stereocenters. The fourth-order valence-electron chi connectivity index (χ4n) is 1.67. The van der Waals surface area contributed by atoms with Crippen molar-refractivity contribution in [3.8, 4) is 0 Å². The zero-order valence-electron chi connectivity index (χ0n) is 10.6. The number of hydrogen-bond acceptors (Lipinski definition) is 1. The van der Waals surface area contributed by atoms with E-state index in [1.165, 1.54) is 0 Å². The van der Waals surface area contributed by atoms with Crippen molar-refractivity contribution in [1.82, 2.24) is 0 Å². The molecule has 0 fully saturated rings. The van der Waals surface area contributed by atoms with E-state index in [0.29, 0.717) is 5.56 Å². The van der Waals surface area contributed by atoms with Gasteiger partial charge < -0.3 is 5.32 Å². The average Bonchev–Trinajstić information content (AvgIpc) is 2.38. The molecule has 0 aromatic heterocycles. The van der Waals surface area contributed by atoms with Gasteiger partial charge in [0.1, 0.15) is 0 Å². The molecule has 1 amide bonds. The minimum absolute atomic E-state index is 0.119. The highest BCUT2D eigenvalue weighted by molar-refractivity contribution is 9.11. The number of anilines is 1. The summed E-state index contributed by atoms with van der Waals surface area (Å²) >= 11 is 6.92. The molecule has 0 aliphatic rings. The maximum absolute atomic E-state index is 12.2. The van der Waals surface area contributed by atoms with Crippen molar-refractivity contribution in [2.45, 2.75) is 13.8 Å². The monoisotopic (exact) mass is 381 g/mol. The van der Waals surface area contributed by atoms with E-state index in [4.69, 9.17) is 0 Å². The third kappa shape index (κ3) is 3.25. The Hall–Kier alpha value is -1.13. The number of hydrogen-bond donors (Lipinski definition) is 1. The van der Waals surface area contributed by atoms with Crippen LogP contribution >= 0.6 is 31.9 Å². The van der Waals surface area contributed by atoms with Crippen LogP contribution in [0.1, 0.15) is 21.5 Å². The third-order valence-corrected chi connectivity index (χ3v) is 4.78. The fourth-order valence-corrected chi connectivity index (χ4v) is 2.41. The maximum atomic E-state index is 12.2. The first-order chi connectivity index (χ1) is 8.99. The van der Waals surface area contributed by atoms with Gasteiger partial charge in [-0.3, -0.25) is 4.79 Å². The Balaban J connectivity index is 2.26. The summed E-state index contributed by atoms with van der Waals surface area (Å²) in [5, 5.41) is 2.91. The van der Waals surface area contributed by atoms with Crippen molar-refractivity contribution in [2.75, 3.05) is 5.32 Å². The number of nitrogens with one attached hydrogen (secondary N) is 1. The van der Waals surface area contributed by atoms with Gasteiger partial charge in [0.25, 0.3) is 5.91 Å². The predicted octanol–water partition coefficient (Wildman–Crippen LogP) is 5.08. The van der Waals surface area contributed by atoms with Gasteiger partial charge in [0, 0.05) is 14.5 Å². The first-order valence-corrected chi connectivity index (χ1v) is 7.40. The number of carbonyl (C=O) groups is 1. The summed E-state index contributed by atoms with van der Waals surface area (Å²) in [7, 11) is 0. The summed E-state index contributed by atoms with van der Waals surface area (Å²) in [6.07, 6.45) is 0. The van der Waals surface area contributed by atoms with E-state index in [2.05, 4.69) is 37.2 Å². The Bertz CT molecular complexity index is 638. The van der Waals surface area contributed by atoms with Crippen LogP contribution in [0.15, 0.2) is 45.3 Å². The molecular formula is C15H13Br2NO. The van der Waals surface area contributed by atoms with E-state index in [0.717, 1.165) is 25.8 Å². The first kappa shape index (κ1) is 14.3. The van der Waals surface area contributed by atoms with Crippen LogP contribution in [0.4, 0.5) is 5.69 Å². The van der Waals surface area contributed by atoms with Crippen LogP contribution in [0.3, 0.4) is 0 Å². The summed E-state index contributed by atoms with van der Waals surface area (Å²) in [6, 6.07) is 11.3. The van der Waals surface area contributed by atoms with E-state index in [1.807, 2.05) is 50.2 Å². The quantitative estimate of drug-likeness (QED) is 0.770. The smallest absolute Gasteiger partial charge is 0.255 e.